The van der Waals surface area contributed by atoms with Crippen molar-refractivity contribution in [3.63, 3.8) is 0 Å². The fraction of sp³-hybridized carbons (Fsp3) is 0.364. The summed E-state index contributed by atoms with van der Waals surface area (Å²) >= 11 is 3.39. The summed E-state index contributed by atoms with van der Waals surface area (Å²) in [5, 5.41) is 12.3. The minimum atomic E-state index is 0.648. The molecule has 90 valence electrons. The molecule has 0 unspecified atom stereocenters. The minimum Gasteiger partial charge on any atom is -0.385 e. The Balaban J connectivity index is 2.04. The van der Waals surface area contributed by atoms with Gasteiger partial charge in [0, 0.05) is 23.8 Å². The smallest absolute Gasteiger partial charge is 0.204 e. The van der Waals surface area contributed by atoms with E-state index in [1.54, 1.807) is 11.9 Å². The lowest BCUT2D eigenvalue weighted by Gasteiger charge is -1.97. The summed E-state index contributed by atoms with van der Waals surface area (Å²) < 4.78 is 6.01. The highest BCUT2D eigenvalue weighted by Crippen LogP contribution is 2.17. The standard InChI is InChI=1S/C11H13BrN4O/c1-17-8-2-7-16-14-11(13-15-16)9-3-5-10(12)6-4-9/h3-6H,2,7-8H2,1H3. The number of methoxy groups -OCH3 is 1. The second-order valence-corrected chi connectivity index (χ2v) is 4.48. The second kappa shape index (κ2) is 5.88. The minimum absolute atomic E-state index is 0.648. The van der Waals surface area contributed by atoms with Crippen molar-refractivity contribution < 1.29 is 4.74 Å². The first kappa shape index (κ1) is 12.2. The van der Waals surface area contributed by atoms with Gasteiger partial charge in [0.1, 0.15) is 0 Å². The molecule has 0 bridgehead atoms. The number of hydrogen-bond donors (Lipinski definition) is 0. The molecule has 1 aromatic heterocycles. The predicted octanol–water partition coefficient (Wildman–Crippen LogP) is 2.14. The topological polar surface area (TPSA) is 52.8 Å². The molecule has 0 radical (unpaired) electrons. The molecule has 2 rings (SSSR count). The van der Waals surface area contributed by atoms with Crippen LogP contribution in [-0.2, 0) is 11.3 Å². The molecule has 0 atom stereocenters. The lowest BCUT2D eigenvalue weighted by Crippen LogP contribution is -2.05. The molecule has 0 N–H and O–H groups in total. The van der Waals surface area contributed by atoms with E-state index in [-0.39, 0.29) is 0 Å². The normalized spacial score (nSPS) is 10.7. The van der Waals surface area contributed by atoms with Gasteiger partial charge in [0.05, 0.1) is 6.54 Å². The second-order valence-electron chi connectivity index (χ2n) is 3.56. The van der Waals surface area contributed by atoms with Crippen LogP contribution in [0.2, 0.25) is 0 Å². The Morgan fingerprint density at radius 3 is 2.76 bits per heavy atom. The van der Waals surface area contributed by atoms with Gasteiger partial charge in [-0.25, -0.2) is 0 Å². The van der Waals surface area contributed by atoms with Gasteiger partial charge in [0.15, 0.2) is 0 Å². The molecule has 0 saturated heterocycles. The Labute approximate surface area is 108 Å². The average molecular weight is 297 g/mol. The maximum absolute atomic E-state index is 4.97. The maximum atomic E-state index is 4.97. The molecule has 1 aromatic carbocycles. The van der Waals surface area contributed by atoms with Crippen LogP contribution in [-0.4, -0.2) is 33.9 Å². The van der Waals surface area contributed by atoms with Crippen molar-refractivity contribution in [2.24, 2.45) is 0 Å². The molecule has 0 aliphatic heterocycles. The van der Waals surface area contributed by atoms with Crippen LogP contribution >= 0.6 is 15.9 Å². The van der Waals surface area contributed by atoms with E-state index >= 15 is 0 Å². The summed E-state index contributed by atoms with van der Waals surface area (Å²) in [6.45, 7) is 1.42. The quantitative estimate of drug-likeness (QED) is 0.793. The lowest BCUT2D eigenvalue weighted by atomic mass is 10.2. The number of aryl methyl sites for hydroxylation is 1. The Morgan fingerprint density at radius 2 is 2.06 bits per heavy atom. The molecule has 0 amide bonds. The van der Waals surface area contributed by atoms with Crippen molar-refractivity contribution >= 4 is 15.9 Å². The third-order valence-corrected chi connectivity index (χ3v) is 2.79. The van der Waals surface area contributed by atoms with Crippen LogP contribution in [0.15, 0.2) is 28.7 Å². The van der Waals surface area contributed by atoms with Crippen LogP contribution in [0.5, 0.6) is 0 Å². The van der Waals surface area contributed by atoms with Crippen LogP contribution in [0.4, 0.5) is 0 Å². The molecule has 0 fully saturated rings. The first-order valence-corrected chi connectivity index (χ1v) is 6.11. The number of tetrazole rings is 1. The van der Waals surface area contributed by atoms with Crippen molar-refractivity contribution in [1.82, 2.24) is 20.2 Å². The van der Waals surface area contributed by atoms with Crippen molar-refractivity contribution in [2.45, 2.75) is 13.0 Å². The Hall–Kier alpha value is -1.27. The van der Waals surface area contributed by atoms with E-state index in [1.165, 1.54) is 0 Å². The zero-order valence-corrected chi connectivity index (χ0v) is 11.1. The molecule has 0 spiro atoms. The number of nitrogens with zero attached hydrogens (tertiary/aromatic N) is 4. The van der Waals surface area contributed by atoms with Crippen LogP contribution in [0.25, 0.3) is 11.4 Å². The molecule has 17 heavy (non-hydrogen) atoms. The third kappa shape index (κ3) is 3.34. The van der Waals surface area contributed by atoms with E-state index in [0.29, 0.717) is 12.4 Å². The number of halogens is 1. The molecule has 6 heteroatoms. The molecule has 0 saturated carbocycles. The monoisotopic (exact) mass is 296 g/mol. The highest BCUT2D eigenvalue weighted by Gasteiger charge is 2.05. The van der Waals surface area contributed by atoms with E-state index in [2.05, 4.69) is 31.3 Å². The van der Waals surface area contributed by atoms with Crippen molar-refractivity contribution in [2.75, 3.05) is 13.7 Å². The number of rotatable bonds is 5. The predicted molar refractivity (Wildman–Crippen MR) is 67.4 cm³/mol. The zero-order valence-electron chi connectivity index (χ0n) is 9.51. The summed E-state index contributed by atoms with van der Waals surface area (Å²) in [7, 11) is 1.68. The first-order chi connectivity index (χ1) is 8.29. The third-order valence-electron chi connectivity index (χ3n) is 2.26. The van der Waals surface area contributed by atoms with Crippen LogP contribution in [0.3, 0.4) is 0 Å². The van der Waals surface area contributed by atoms with Gasteiger partial charge in [-0.05, 0) is 35.9 Å². The first-order valence-electron chi connectivity index (χ1n) is 5.32. The van der Waals surface area contributed by atoms with Crippen molar-refractivity contribution in [1.29, 1.82) is 0 Å². The van der Waals surface area contributed by atoms with Crippen molar-refractivity contribution in [3.05, 3.63) is 28.7 Å². The van der Waals surface area contributed by atoms with E-state index in [1.807, 2.05) is 24.3 Å². The summed E-state index contributed by atoms with van der Waals surface area (Å²) in [5.41, 5.74) is 0.964. The highest BCUT2D eigenvalue weighted by atomic mass is 79.9. The van der Waals surface area contributed by atoms with Gasteiger partial charge in [-0.15, -0.1) is 10.2 Å². The molecule has 0 aliphatic rings. The van der Waals surface area contributed by atoms with Crippen LogP contribution in [0.1, 0.15) is 6.42 Å². The largest absolute Gasteiger partial charge is 0.385 e. The van der Waals surface area contributed by atoms with Gasteiger partial charge >= 0.3 is 0 Å². The van der Waals surface area contributed by atoms with Gasteiger partial charge in [-0.1, -0.05) is 15.9 Å². The van der Waals surface area contributed by atoms with E-state index in [4.69, 9.17) is 4.74 Å². The number of benzene rings is 1. The molecular formula is C11H13BrN4O. The van der Waals surface area contributed by atoms with Crippen molar-refractivity contribution in [3.8, 4) is 11.4 Å². The van der Waals surface area contributed by atoms with Gasteiger partial charge in [0.2, 0.25) is 5.82 Å². The van der Waals surface area contributed by atoms with E-state index in [0.717, 1.165) is 23.0 Å². The SMILES string of the molecule is COCCCn1nnc(-c2ccc(Br)cc2)n1. The summed E-state index contributed by atoms with van der Waals surface area (Å²) in [4.78, 5) is 1.59. The average Bonchev–Trinajstić information content (AvgIpc) is 2.79. The van der Waals surface area contributed by atoms with Crippen LogP contribution in [0, 0.1) is 0 Å². The van der Waals surface area contributed by atoms with E-state index in [9.17, 15) is 0 Å². The van der Waals surface area contributed by atoms with Gasteiger partial charge in [-0.3, -0.25) is 0 Å². The summed E-state index contributed by atoms with van der Waals surface area (Å²) in [6, 6.07) is 7.84. The Morgan fingerprint density at radius 1 is 1.29 bits per heavy atom. The van der Waals surface area contributed by atoms with Gasteiger partial charge < -0.3 is 4.74 Å². The summed E-state index contributed by atoms with van der Waals surface area (Å²) in [5.74, 6) is 0.648. The van der Waals surface area contributed by atoms with Crippen LogP contribution < -0.4 is 0 Å². The Kier molecular flexibility index (Phi) is 4.22. The molecule has 5 nitrogen and oxygen atoms in total. The molecule has 1 heterocycles. The number of hydrogen-bond acceptors (Lipinski definition) is 4. The summed E-state index contributed by atoms with van der Waals surface area (Å²) in [6.07, 6.45) is 0.882. The fourth-order valence-corrected chi connectivity index (χ4v) is 1.67. The zero-order chi connectivity index (χ0) is 12.1. The molecular weight excluding hydrogens is 284 g/mol. The number of aromatic nitrogens is 4. The highest BCUT2D eigenvalue weighted by molar-refractivity contribution is 9.10. The Bertz CT molecular complexity index is 469. The maximum Gasteiger partial charge on any atom is 0.204 e. The van der Waals surface area contributed by atoms with Gasteiger partial charge in [-0.2, -0.15) is 4.80 Å². The molecule has 2 aromatic rings. The number of ether oxygens (including phenoxy) is 1. The van der Waals surface area contributed by atoms with E-state index < -0.39 is 0 Å². The molecule has 0 aliphatic carbocycles. The lowest BCUT2D eigenvalue weighted by molar-refractivity contribution is 0.187. The fourth-order valence-electron chi connectivity index (χ4n) is 1.40. The van der Waals surface area contributed by atoms with Gasteiger partial charge in [0.25, 0.3) is 0 Å².